The molecule has 13 nitrogen and oxygen atoms in total. The minimum Gasteiger partial charge on any atom is -0.445 e. The molecule has 2 unspecified atom stereocenters. The number of nitrogens with two attached hydrogens (primary N) is 1. The molecule has 0 saturated carbocycles. The standard InChI is InChI=1S/C42H50ClN7O6/c1-47(41(53)37(21-22-44)48(2)42(54)56-29-32-11-7-4-8-12-32)38(28-30-9-5-3-6-10-30)39(51)45-36(27-31-13-15-33(43)16-14-31)40(52)50-25-23-49(24-26-50)35-19-17-34(46-55)18-20-35/h3-20,36-38,46,55H,21-29,44H2,1-2H3,(H,45,51)/t36?,37?,38-/m1/s1. The summed E-state index contributed by atoms with van der Waals surface area (Å²) < 4.78 is 5.52. The number of ether oxygens (including phenoxy) is 1. The van der Waals surface area contributed by atoms with Gasteiger partial charge in [-0.05, 0) is 66.1 Å². The van der Waals surface area contributed by atoms with Crippen LogP contribution in [0.5, 0.6) is 0 Å². The van der Waals surface area contributed by atoms with Gasteiger partial charge in [0.05, 0.1) is 5.69 Å². The molecule has 1 aliphatic rings. The second-order valence-electron chi connectivity index (χ2n) is 13.8. The third kappa shape index (κ3) is 11.2. The molecular weight excluding hydrogens is 734 g/mol. The van der Waals surface area contributed by atoms with Crippen LogP contribution in [0.15, 0.2) is 109 Å². The number of anilines is 2. The number of hydrogen-bond donors (Lipinski definition) is 4. The van der Waals surface area contributed by atoms with E-state index in [0.717, 1.165) is 22.4 Å². The van der Waals surface area contributed by atoms with Gasteiger partial charge < -0.3 is 30.5 Å². The number of benzene rings is 4. The summed E-state index contributed by atoms with van der Waals surface area (Å²) in [5, 5.41) is 12.7. The highest BCUT2D eigenvalue weighted by Gasteiger charge is 2.37. The van der Waals surface area contributed by atoms with Gasteiger partial charge >= 0.3 is 6.09 Å². The SMILES string of the molecule is CN(C(=O)OCc1ccccc1)C(CCN)C(=O)N(C)[C@H](Cc1ccccc1)C(=O)NC(Cc1ccc(Cl)cc1)C(=O)N1CCN(c2ccc(NO)cc2)CC1. The first-order valence-corrected chi connectivity index (χ1v) is 19.0. The predicted octanol–water partition coefficient (Wildman–Crippen LogP) is 4.57. The Labute approximate surface area is 332 Å². The Morgan fingerprint density at radius 1 is 0.768 bits per heavy atom. The zero-order valence-electron chi connectivity index (χ0n) is 31.7. The molecule has 0 spiro atoms. The lowest BCUT2D eigenvalue weighted by Gasteiger charge is -2.38. The van der Waals surface area contributed by atoms with E-state index in [0.29, 0.717) is 36.9 Å². The van der Waals surface area contributed by atoms with Crippen molar-refractivity contribution >= 4 is 46.8 Å². The summed E-state index contributed by atoms with van der Waals surface area (Å²) in [6.07, 6.45) is -0.228. The van der Waals surface area contributed by atoms with Gasteiger partial charge in [-0.2, -0.15) is 0 Å². The Hall–Kier alpha value is -5.63. The van der Waals surface area contributed by atoms with Gasteiger partial charge in [0.15, 0.2) is 0 Å². The Bertz CT molecular complexity index is 1880. The van der Waals surface area contributed by atoms with Gasteiger partial charge in [0.25, 0.3) is 0 Å². The lowest BCUT2D eigenvalue weighted by molar-refractivity contribution is -0.144. The fraction of sp³-hybridized carbons (Fsp3) is 0.333. The van der Waals surface area contributed by atoms with Crippen LogP contribution in [0.2, 0.25) is 5.02 Å². The number of nitrogens with zero attached hydrogens (tertiary/aromatic N) is 4. The van der Waals surface area contributed by atoms with Crippen LogP contribution in [0, 0.1) is 0 Å². The average Bonchev–Trinajstić information content (AvgIpc) is 3.24. The zero-order chi connectivity index (χ0) is 40.0. The van der Waals surface area contributed by atoms with Crippen LogP contribution in [0.1, 0.15) is 23.1 Å². The second kappa shape index (κ2) is 20.3. The molecule has 1 heterocycles. The number of carbonyl (C=O) groups excluding carboxylic acids is 4. The summed E-state index contributed by atoms with van der Waals surface area (Å²) in [4.78, 5) is 62.8. The lowest BCUT2D eigenvalue weighted by Crippen LogP contribution is -2.60. The van der Waals surface area contributed by atoms with E-state index < -0.39 is 36.0 Å². The highest BCUT2D eigenvalue weighted by atomic mass is 35.5. The molecule has 4 aromatic rings. The maximum Gasteiger partial charge on any atom is 0.410 e. The third-order valence-electron chi connectivity index (χ3n) is 10.00. The molecule has 4 aromatic carbocycles. The van der Waals surface area contributed by atoms with Crippen molar-refractivity contribution in [2.24, 2.45) is 5.73 Å². The van der Waals surface area contributed by atoms with Gasteiger partial charge in [-0.15, -0.1) is 0 Å². The van der Waals surface area contributed by atoms with Crippen LogP contribution < -0.4 is 21.4 Å². The molecule has 5 rings (SSSR count). The van der Waals surface area contributed by atoms with Crippen molar-refractivity contribution in [2.45, 2.75) is 44.0 Å². The van der Waals surface area contributed by atoms with Crippen molar-refractivity contribution in [2.75, 3.05) is 57.2 Å². The van der Waals surface area contributed by atoms with Gasteiger partial charge in [-0.25, -0.2) is 4.79 Å². The number of likely N-dealkylation sites (N-methyl/N-ethyl adjacent to an activating group) is 2. The van der Waals surface area contributed by atoms with Crippen LogP contribution in [-0.2, 0) is 38.6 Å². The Morgan fingerprint density at radius 2 is 1.36 bits per heavy atom. The van der Waals surface area contributed by atoms with Crippen molar-refractivity contribution in [1.29, 1.82) is 0 Å². The van der Waals surface area contributed by atoms with Crippen LogP contribution in [0.4, 0.5) is 16.2 Å². The fourth-order valence-corrected chi connectivity index (χ4v) is 6.82. The number of piperazine rings is 1. The smallest absolute Gasteiger partial charge is 0.410 e. The van der Waals surface area contributed by atoms with E-state index in [2.05, 4.69) is 15.7 Å². The van der Waals surface area contributed by atoms with E-state index in [1.54, 1.807) is 29.2 Å². The molecule has 56 heavy (non-hydrogen) atoms. The van der Waals surface area contributed by atoms with Crippen LogP contribution in [-0.4, -0.2) is 109 Å². The van der Waals surface area contributed by atoms with Gasteiger partial charge in [-0.3, -0.25) is 30.0 Å². The highest BCUT2D eigenvalue weighted by Crippen LogP contribution is 2.21. The number of halogens is 1. The fourth-order valence-electron chi connectivity index (χ4n) is 6.70. The van der Waals surface area contributed by atoms with Crippen LogP contribution in [0.3, 0.4) is 0 Å². The van der Waals surface area contributed by atoms with Crippen molar-refractivity contribution in [3.05, 3.63) is 131 Å². The van der Waals surface area contributed by atoms with E-state index in [1.807, 2.05) is 84.9 Å². The molecule has 0 bridgehead atoms. The minimum atomic E-state index is -1.05. The maximum atomic E-state index is 14.5. The summed E-state index contributed by atoms with van der Waals surface area (Å²) in [5.41, 5.74) is 12.0. The number of amides is 4. The molecule has 296 valence electrons. The van der Waals surface area contributed by atoms with E-state index in [1.165, 1.54) is 23.9 Å². The van der Waals surface area contributed by atoms with Gasteiger partial charge in [0.2, 0.25) is 17.7 Å². The lowest BCUT2D eigenvalue weighted by atomic mass is 10.00. The molecule has 1 aliphatic heterocycles. The first kappa shape index (κ1) is 41.5. The number of carbonyl (C=O) groups is 4. The number of rotatable bonds is 16. The normalized spacial score (nSPS) is 14.2. The van der Waals surface area contributed by atoms with Gasteiger partial charge in [0.1, 0.15) is 24.7 Å². The number of hydrogen-bond acceptors (Lipinski definition) is 9. The number of nitrogens with one attached hydrogen (secondary N) is 2. The summed E-state index contributed by atoms with van der Waals surface area (Å²) in [6.45, 7) is 2.10. The minimum absolute atomic E-state index is 0.0238. The van der Waals surface area contributed by atoms with Crippen LogP contribution >= 0.6 is 11.6 Å². The van der Waals surface area contributed by atoms with E-state index in [4.69, 9.17) is 22.1 Å². The Balaban J connectivity index is 1.35. The predicted molar refractivity (Wildman–Crippen MR) is 216 cm³/mol. The van der Waals surface area contributed by atoms with Gasteiger partial charge in [-0.1, -0.05) is 84.4 Å². The van der Waals surface area contributed by atoms with E-state index in [-0.39, 0.29) is 38.3 Å². The largest absolute Gasteiger partial charge is 0.445 e. The van der Waals surface area contributed by atoms with Crippen molar-refractivity contribution in [3.63, 3.8) is 0 Å². The first-order chi connectivity index (χ1) is 27.1. The average molecular weight is 784 g/mol. The molecule has 4 amide bonds. The summed E-state index contributed by atoms with van der Waals surface area (Å²) in [6, 6.07) is 29.9. The van der Waals surface area contributed by atoms with Crippen molar-refractivity contribution in [3.8, 4) is 0 Å². The highest BCUT2D eigenvalue weighted by molar-refractivity contribution is 6.30. The molecule has 0 radical (unpaired) electrons. The van der Waals surface area contributed by atoms with Crippen molar-refractivity contribution in [1.82, 2.24) is 20.0 Å². The Morgan fingerprint density at radius 3 is 1.95 bits per heavy atom. The molecular formula is C42H50ClN7O6. The monoisotopic (exact) mass is 783 g/mol. The topological polar surface area (TPSA) is 161 Å². The van der Waals surface area contributed by atoms with Gasteiger partial charge in [0, 0.05) is 63.8 Å². The first-order valence-electron chi connectivity index (χ1n) is 18.6. The zero-order valence-corrected chi connectivity index (χ0v) is 32.5. The Kier molecular flexibility index (Phi) is 15.1. The summed E-state index contributed by atoms with van der Waals surface area (Å²) in [5.74, 6) is -1.26. The molecule has 5 N–H and O–H groups in total. The van der Waals surface area contributed by atoms with E-state index >= 15 is 0 Å². The molecule has 1 saturated heterocycles. The summed E-state index contributed by atoms with van der Waals surface area (Å²) in [7, 11) is 3.01. The molecule has 1 fully saturated rings. The summed E-state index contributed by atoms with van der Waals surface area (Å²) >= 11 is 6.17. The van der Waals surface area contributed by atoms with Crippen LogP contribution in [0.25, 0.3) is 0 Å². The molecule has 0 aliphatic carbocycles. The molecule has 3 atom stereocenters. The third-order valence-corrected chi connectivity index (χ3v) is 10.2. The second-order valence-corrected chi connectivity index (χ2v) is 14.2. The maximum absolute atomic E-state index is 14.5. The quantitative estimate of drug-likeness (QED) is 0.119. The molecule has 14 heteroatoms. The van der Waals surface area contributed by atoms with E-state index in [9.17, 15) is 24.4 Å². The molecule has 0 aromatic heterocycles. The van der Waals surface area contributed by atoms with Crippen molar-refractivity contribution < 1.29 is 29.1 Å².